The second-order valence-corrected chi connectivity index (χ2v) is 4.61. The van der Waals surface area contributed by atoms with E-state index in [1.165, 1.54) is 6.92 Å². The predicted octanol–water partition coefficient (Wildman–Crippen LogP) is -0.105. The van der Waals surface area contributed by atoms with Gasteiger partial charge in [0.2, 0.25) is 0 Å². The third-order valence-electron chi connectivity index (χ3n) is 2.94. The molecule has 102 valence electrons. The Kier molecular flexibility index (Phi) is 5.46. The van der Waals surface area contributed by atoms with Gasteiger partial charge in [0, 0.05) is 5.71 Å². The van der Waals surface area contributed by atoms with Crippen LogP contribution in [0.25, 0.3) is 0 Å². The van der Waals surface area contributed by atoms with Gasteiger partial charge in [-0.15, -0.1) is 0 Å². The van der Waals surface area contributed by atoms with Gasteiger partial charge in [-0.25, -0.2) is 0 Å². The van der Waals surface area contributed by atoms with Crippen molar-refractivity contribution >= 4 is 11.7 Å². The molecule has 18 heavy (non-hydrogen) atoms. The molecule has 0 aliphatic heterocycles. The largest absolute Gasteiger partial charge is 0.480 e. The number of hydrogen-bond donors (Lipinski definition) is 4. The molecule has 1 rings (SSSR count). The van der Waals surface area contributed by atoms with Gasteiger partial charge in [0.15, 0.2) is 6.23 Å². The lowest BCUT2D eigenvalue weighted by molar-refractivity contribution is -0.138. The standard InChI is InChI=1S/C12H20N2O4/c1-7(15)11(16)14-9-4-2-8(3-5-9)6-10(13)12(17)18/h2,4,7-8,10-11,15-16H,3,5-6,13H2,1H3,(H,17,18). The molecule has 0 bridgehead atoms. The van der Waals surface area contributed by atoms with Crippen molar-refractivity contribution in [2.75, 3.05) is 0 Å². The topological polar surface area (TPSA) is 116 Å². The molecular formula is C12H20N2O4. The van der Waals surface area contributed by atoms with Gasteiger partial charge >= 0.3 is 5.97 Å². The minimum atomic E-state index is -1.11. The van der Waals surface area contributed by atoms with E-state index in [0.717, 1.165) is 6.42 Å². The summed E-state index contributed by atoms with van der Waals surface area (Å²) in [6, 6.07) is -0.846. The van der Waals surface area contributed by atoms with Crippen molar-refractivity contribution in [1.29, 1.82) is 0 Å². The summed E-state index contributed by atoms with van der Waals surface area (Å²) in [6.45, 7) is 1.47. The highest BCUT2D eigenvalue weighted by Crippen LogP contribution is 2.20. The minimum absolute atomic E-state index is 0.124. The SMILES string of the molecule is CC(O)C(O)N=C1C=CC(CC(N)C(=O)O)CC1. The summed E-state index contributed by atoms with van der Waals surface area (Å²) in [5, 5.41) is 27.2. The lowest BCUT2D eigenvalue weighted by Gasteiger charge is -2.20. The summed E-state index contributed by atoms with van der Waals surface area (Å²) in [7, 11) is 0. The Bertz CT molecular complexity index is 352. The Labute approximate surface area is 106 Å². The third-order valence-corrected chi connectivity index (χ3v) is 2.94. The van der Waals surface area contributed by atoms with Crippen molar-refractivity contribution in [2.45, 2.75) is 44.6 Å². The summed E-state index contributed by atoms with van der Waals surface area (Å²) in [5.74, 6) is -0.869. The first kappa shape index (κ1) is 14.8. The Hall–Kier alpha value is -1.24. The number of nitrogens with zero attached hydrogens (tertiary/aromatic N) is 1. The zero-order chi connectivity index (χ0) is 13.7. The van der Waals surface area contributed by atoms with Crippen LogP contribution < -0.4 is 5.73 Å². The quantitative estimate of drug-likeness (QED) is 0.548. The fraction of sp³-hybridized carbons (Fsp3) is 0.667. The fourth-order valence-electron chi connectivity index (χ4n) is 1.77. The van der Waals surface area contributed by atoms with Crippen LogP contribution in [0.4, 0.5) is 0 Å². The van der Waals surface area contributed by atoms with Crippen LogP contribution in [0.15, 0.2) is 17.1 Å². The number of aliphatic hydroxyl groups excluding tert-OH is 2. The van der Waals surface area contributed by atoms with Crippen molar-refractivity contribution in [2.24, 2.45) is 16.6 Å². The first-order valence-corrected chi connectivity index (χ1v) is 5.99. The smallest absolute Gasteiger partial charge is 0.320 e. The number of carboxylic acid groups (broad SMARTS) is 1. The van der Waals surface area contributed by atoms with Gasteiger partial charge in [-0.3, -0.25) is 9.79 Å². The first-order valence-electron chi connectivity index (χ1n) is 5.99. The normalized spacial score (nSPS) is 26.9. The average molecular weight is 256 g/mol. The first-order chi connectivity index (χ1) is 8.40. The monoisotopic (exact) mass is 256 g/mol. The van der Waals surface area contributed by atoms with Gasteiger partial charge < -0.3 is 21.1 Å². The number of carbonyl (C=O) groups is 1. The number of allylic oxidation sites excluding steroid dienone is 2. The van der Waals surface area contributed by atoms with Gasteiger partial charge in [0.25, 0.3) is 0 Å². The molecule has 0 saturated carbocycles. The van der Waals surface area contributed by atoms with Gasteiger partial charge in [-0.05, 0) is 38.2 Å². The van der Waals surface area contributed by atoms with Crippen LogP contribution in [0.1, 0.15) is 26.2 Å². The molecule has 1 aliphatic carbocycles. The van der Waals surface area contributed by atoms with E-state index in [2.05, 4.69) is 4.99 Å². The zero-order valence-electron chi connectivity index (χ0n) is 10.4. The molecule has 0 aromatic heterocycles. The second-order valence-electron chi connectivity index (χ2n) is 4.61. The zero-order valence-corrected chi connectivity index (χ0v) is 10.4. The molecule has 0 amide bonds. The van der Waals surface area contributed by atoms with Gasteiger partial charge in [0.1, 0.15) is 6.04 Å². The van der Waals surface area contributed by atoms with E-state index in [-0.39, 0.29) is 5.92 Å². The summed E-state index contributed by atoms with van der Waals surface area (Å²) in [6.07, 6.45) is 3.42. The minimum Gasteiger partial charge on any atom is -0.480 e. The number of nitrogens with two attached hydrogens (primary N) is 1. The lowest BCUT2D eigenvalue weighted by atomic mass is 9.89. The van der Waals surface area contributed by atoms with E-state index in [0.29, 0.717) is 18.6 Å². The molecule has 4 atom stereocenters. The molecule has 1 aliphatic rings. The molecule has 4 unspecified atom stereocenters. The maximum Gasteiger partial charge on any atom is 0.320 e. The average Bonchev–Trinajstić information content (AvgIpc) is 2.31. The summed E-state index contributed by atoms with van der Waals surface area (Å²) in [4.78, 5) is 14.6. The Morgan fingerprint density at radius 3 is 2.72 bits per heavy atom. The molecule has 0 saturated heterocycles. The van der Waals surface area contributed by atoms with Gasteiger partial charge in [-0.1, -0.05) is 6.08 Å². The summed E-state index contributed by atoms with van der Waals surface area (Å²) < 4.78 is 0. The van der Waals surface area contributed by atoms with E-state index < -0.39 is 24.3 Å². The highest BCUT2D eigenvalue weighted by Gasteiger charge is 2.20. The van der Waals surface area contributed by atoms with Crippen LogP contribution >= 0.6 is 0 Å². The molecule has 6 heteroatoms. The summed E-state index contributed by atoms with van der Waals surface area (Å²) >= 11 is 0. The Morgan fingerprint density at radius 2 is 2.28 bits per heavy atom. The van der Waals surface area contributed by atoms with Gasteiger partial charge in [-0.2, -0.15) is 0 Å². The number of rotatable bonds is 5. The van der Waals surface area contributed by atoms with Crippen LogP contribution in [0.5, 0.6) is 0 Å². The fourth-order valence-corrected chi connectivity index (χ4v) is 1.77. The lowest BCUT2D eigenvalue weighted by Crippen LogP contribution is -2.32. The van der Waals surface area contributed by atoms with Crippen LogP contribution in [-0.2, 0) is 4.79 Å². The van der Waals surface area contributed by atoms with Crippen LogP contribution in [0.3, 0.4) is 0 Å². The molecule has 6 nitrogen and oxygen atoms in total. The highest BCUT2D eigenvalue weighted by atomic mass is 16.4. The van der Waals surface area contributed by atoms with Gasteiger partial charge in [0.05, 0.1) is 6.10 Å². The van der Waals surface area contributed by atoms with Crippen molar-refractivity contribution in [3.63, 3.8) is 0 Å². The Morgan fingerprint density at radius 1 is 1.61 bits per heavy atom. The van der Waals surface area contributed by atoms with E-state index in [9.17, 15) is 9.90 Å². The highest BCUT2D eigenvalue weighted by molar-refractivity contribution is 5.95. The predicted molar refractivity (Wildman–Crippen MR) is 67.2 cm³/mol. The van der Waals surface area contributed by atoms with E-state index in [4.69, 9.17) is 15.9 Å². The molecule has 0 radical (unpaired) electrons. The van der Waals surface area contributed by atoms with Crippen molar-refractivity contribution in [1.82, 2.24) is 0 Å². The number of hydrogen-bond acceptors (Lipinski definition) is 5. The molecule has 0 aromatic carbocycles. The molecule has 0 heterocycles. The number of aliphatic hydroxyl groups is 2. The number of carboxylic acids is 1. The summed E-state index contributed by atoms with van der Waals surface area (Å²) in [5.41, 5.74) is 6.18. The molecule has 0 aromatic rings. The van der Waals surface area contributed by atoms with Crippen molar-refractivity contribution < 1.29 is 20.1 Å². The maximum atomic E-state index is 10.6. The maximum absolute atomic E-state index is 10.6. The van der Waals surface area contributed by atoms with E-state index >= 15 is 0 Å². The van der Waals surface area contributed by atoms with Crippen LogP contribution in [0, 0.1) is 5.92 Å². The van der Waals surface area contributed by atoms with Crippen LogP contribution in [0.2, 0.25) is 0 Å². The van der Waals surface area contributed by atoms with Crippen LogP contribution in [-0.4, -0.2) is 45.4 Å². The van der Waals surface area contributed by atoms with Crippen molar-refractivity contribution in [3.8, 4) is 0 Å². The van der Waals surface area contributed by atoms with E-state index in [1.807, 2.05) is 6.08 Å². The number of aliphatic carboxylic acids is 1. The molecule has 0 spiro atoms. The van der Waals surface area contributed by atoms with E-state index in [1.54, 1.807) is 6.08 Å². The Balaban J connectivity index is 2.53. The van der Waals surface area contributed by atoms with Crippen molar-refractivity contribution in [3.05, 3.63) is 12.2 Å². The third kappa shape index (κ3) is 4.56. The molecular weight excluding hydrogens is 236 g/mol. The molecule has 5 N–H and O–H groups in total. The second kappa shape index (κ2) is 6.63. The number of aliphatic imine (C=N–C) groups is 1. The molecule has 0 fully saturated rings.